The number of carbonyl (C=O) groups is 6. The van der Waals surface area contributed by atoms with E-state index in [0.29, 0.717) is 22.7 Å². The van der Waals surface area contributed by atoms with Crippen LogP contribution >= 0.6 is 0 Å². The molecule has 0 fully saturated rings. The molecule has 0 spiro atoms. The van der Waals surface area contributed by atoms with Crippen molar-refractivity contribution >= 4 is 69.5 Å². The Bertz CT molecular complexity index is 1640. The molecule has 14 nitrogen and oxygen atoms in total. The Morgan fingerprint density at radius 2 is 0.870 bits per heavy atom. The number of benzene rings is 2. The topological polar surface area (TPSA) is 221 Å². The number of carboxylic acids is 2. The largest absolute Gasteiger partial charge is 1.00 e. The number of hydrogen-bond acceptors (Lipinski definition) is 12. The van der Waals surface area contributed by atoms with Gasteiger partial charge in [-0.05, 0) is 85.0 Å². The number of carbonyl (C=O) groups excluding carboxylic acids is 6. The zero-order valence-electron chi connectivity index (χ0n) is 24.4. The Morgan fingerprint density at radius 3 is 1.20 bits per heavy atom. The maximum atomic E-state index is 12.2. The second-order valence-electron chi connectivity index (χ2n) is 8.85. The van der Waals surface area contributed by atoms with Gasteiger partial charge in [0.25, 0.3) is 0 Å². The molecule has 0 saturated heterocycles. The summed E-state index contributed by atoms with van der Waals surface area (Å²) in [4.78, 5) is 69.4. The molecule has 2 amide bonds. The van der Waals surface area contributed by atoms with Gasteiger partial charge in [0.1, 0.15) is 0 Å². The van der Waals surface area contributed by atoms with Gasteiger partial charge in [-0.3, -0.25) is 30.0 Å². The third-order valence-corrected chi connectivity index (χ3v) is 5.69. The Balaban J connectivity index is 0.00000368. The van der Waals surface area contributed by atoms with Gasteiger partial charge >= 0.3 is 59.1 Å². The van der Waals surface area contributed by atoms with Crippen molar-refractivity contribution in [1.29, 1.82) is 0 Å². The van der Waals surface area contributed by atoms with Crippen LogP contribution in [0.25, 0.3) is 0 Å². The molecule has 4 N–H and O–H groups in total. The summed E-state index contributed by atoms with van der Waals surface area (Å²) < 4.78 is 0. The SMILES string of the molecule is O=C(/C=C/C(=O)Nc1ccc(N/N=C2\C=CC(=O)C(C(=O)[O-])=C2)cc1)Nc1ccc(N/N=C2\C=CC(=O)C(C(=O)[O-])=C2)cc1.[Na+].[Na+]. The molecule has 0 aromatic heterocycles. The normalized spacial score (nSPS) is 15.3. The summed E-state index contributed by atoms with van der Waals surface area (Å²) in [5, 5.41) is 35.2. The van der Waals surface area contributed by atoms with Crippen molar-refractivity contribution in [2.75, 3.05) is 21.5 Å². The molecule has 2 aliphatic carbocycles. The van der Waals surface area contributed by atoms with E-state index in [2.05, 4.69) is 31.7 Å². The second-order valence-corrected chi connectivity index (χ2v) is 8.85. The number of nitrogens with zero attached hydrogens (tertiary/aromatic N) is 2. The molecule has 0 unspecified atom stereocenters. The maximum Gasteiger partial charge on any atom is 1.00 e. The Hall–Kier alpha value is -4.70. The van der Waals surface area contributed by atoms with Gasteiger partial charge in [0.05, 0.1) is 34.7 Å². The van der Waals surface area contributed by atoms with Gasteiger partial charge in [0.15, 0.2) is 11.6 Å². The van der Waals surface area contributed by atoms with E-state index in [1.807, 2.05) is 0 Å². The molecule has 2 aromatic rings. The predicted octanol–water partition coefficient (Wildman–Crippen LogP) is -6.01. The second kappa shape index (κ2) is 17.7. The van der Waals surface area contributed by atoms with Gasteiger partial charge in [0.2, 0.25) is 11.8 Å². The summed E-state index contributed by atoms with van der Waals surface area (Å²) in [6, 6.07) is 12.7. The molecule has 2 aromatic carbocycles. The van der Waals surface area contributed by atoms with Gasteiger partial charge < -0.3 is 30.4 Å². The minimum absolute atomic E-state index is 0. The first-order valence-electron chi connectivity index (χ1n) is 12.6. The molecule has 0 bridgehead atoms. The van der Waals surface area contributed by atoms with E-state index in [9.17, 15) is 39.0 Å². The molecular weight excluding hydrogens is 618 g/mol. The summed E-state index contributed by atoms with van der Waals surface area (Å²) in [6.45, 7) is 0. The molecule has 2 aliphatic rings. The fourth-order valence-electron chi connectivity index (χ4n) is 3.53. The van der Waals surface area contributed by atoms with Crippen LogP contribution in [0.5, 0.6) is 0 Å². The zero-order chi connectivity index (χ0) is 31.6. The van der Waals surface area contributed by atoms with Crippen LogP contribution in [0.1, 0.15) is 0 Å². The van der Waals surface area contributed by atoms with Crippen molar-refractivity contribution in [2.45, 2.75) is 0 Å². The number of anilines is 4. The van der Waals surface area contributed by atoms with Gasteiger partial charge in [0, 0.05) is 34.7 Å². The van der Waals surface area contributed by atoms with Gasteiger partial charge in [-0.15, -0.1) is 0 Å². The number of amides is 2. The average molecular weight is 639 g/mol. The first-order chi connectivity index (χ1) is 21.1. The van der Waals surface area contributed by atoms with Crippen molar-refractivity contribution in [3.8, 4) is 0 Å². The van der Waals surface area contributed by atoms with Crippen molar-refractivity contribution in [3.05, 3.63) is 108 Å². The van der Waals surface area contributed by atoms with Gasteiger partial charge in [-0.1, -0.05) is 0 Å². The number of allylic oxidation sites excluding steroid dienone is 6. The van der Waals surface area contributed by atoms with Crippen molar-refractivity contribution < 1.29 is 98.1 Å². The van der Waals surface area contributed by atoms with E-state index in [-0.39, 0.29) is 70.5 Å². The molecular formula is C30H20N6Na2O8. The van der Waals surface area contributed by atoms with Crippen LogP contribution in [0.15, 0.2) is 118 Å². The van der Waals surface area contributed by atoms with Crippen LogP contribution in [0, 0.1) is 0 Å². The third kappa shape index (κ3) is 11.0. The maximum absolute atomic E-state index is 12.2. The van der Waals surface area contributed by atoms with Crippen LogP contribution in [0.2, 0.25) is 0 Å². The van der Waals surface area contributed by atoms with E-state index in [0.717, 1.165) is 36.5 Å². The molecule has 46 heavy (non-hydrogen) atoms. The Morgan fingerprint density at radius 1 is 0.543 bits per heavy atom. The van der Waals surface area contributed by atoms with Crippen molar-refractivity contribution in [1.82, 2.24) is 0 Å². The van der Waals surface area contributed by atoms with Crippen LogP contribution in [-0.2, 0) is 28.8 Å². The van der Waals surface area contributed by atoms with E-state index >= 15 is 0 Å². The molecule has 4 rings (SSSR count). The quantitative estimate of drug-likeness (QED) is 0.0634. The number of ketones is 2. The van der Waals surface area contributed by atoms with E-state index in [4.69, 9.17) is 0 Å². The predicted molar refractivity (Wildman–Crippen MR) is 156 cm³/mol. The van der Waals surface area contributed by atoms with E-state index < -0.39 is 46.5 Å². The summed E-state index contributed by atoms with van der Waals surface area (Å²) in [7, 11) is 0. The monoisotopic (exact) mass is 638 g/mol. The van der Waals surface area contributed by atoms with Gasteiger partial charge in [-0.25, -0.2) is 0 Å². The first-order valence-corrected chi connectivity index (χ1v) is 12.6. The summed E-state index contributed by atoms with van der Waals surface area (Å²) in [5.74, 6) is -5.69. The number of hydrogen-bond donors (Lipinski definition) is 4. The van der Waals surface area contributed by atoms with Crippen molar-refractivity contribution in [2.24, 2.45) is 10.2 Å². The number of aliphatic carboxylic acids is 2. The Labute approximate surface area is 305 Å². The number of rotatable bonds is 10. The fourth-order valence-corrected chi connectivity index (χ4v) is 3.53. The van der Waals surface area contributed by atoms with E-state index in [1.54, 1.807) is 48.5 Å². The van der Waals surface area contributed by atoms with Crippen LogP contribution < -0.4 is 90.8 Å². The summed E-state index contributed by atoms with van der Waals surface area (Å²) >= 11 is 0. The fraction of sp³-hybridized carbons (Fsp3) is 0. The van der Waals surface area contributed by atoms with Gasteiger partial charge in [-0.2, -0.15) is 10.2 Å². The smallest absolute Gasteiger partial charge is 0.545 e. The van der Waals surface area contributed by atoms with Crippen LogP contribution in [0.3, 0.4) is 0 Å². The first kappa shape index (κ1) is 37.5. The molecule has 0 saturated carbocycles. The minimum Gasteiger partial charge on any atom is -0.545 e. The molecule has 0 aliphatic heterocycles. The molecule has 0 heterocycles. The van der Waals surface area contributed by atoms with Crippen LogP contribution in [-0.4, -0.2) is 46.7 Å². The van der Waals surface area contributed by atoms with Crippen molar-refractivity contribution in [3.63, 3.8) is 0 Å². The van der Waals surface area contributed by atoms with Crippen LogP contribution in [0.4, 0.5) is 22.7 Å². The summed E-state index contributed by atoms with van der Waals surface area (Å²) in [5.41, 5.74) is 6.67. The number of hydrazone groups is 2. The standard InChI is InChI=1S/C30H22N6O8.2Na/c37-25-11-9-21(15-23(25)29(41)42)35-33-19-5-1-17(2-6-19)31-27(39)13-14-28(40)32-18-3-7-20(8-4-18)34-36-22-10-12-26(38)24(16-22)30(43)44;;/h1-16,33-34H,(H,31,39)(H,32,40)(H,41,42)(H,43,44);;/q;2*+1/p-2/b14-13+,35-21+,36-22+;;. The molecule has 220 valence electrons. The van der Waals surface area contributed by atoms with E-state index in [1.165, 1.54) is 12.2 Å². The minimum atomic E-state index is -1.60. The number of nitrogens with one attached hydrogen (secondary N) is 4. The average Bonchev–Trinajstić information content (AvgIpc) is 3.00. The number of carboxylic acid groups (broad SMARTS) is 2. The molecule has 16 heteroatoms. The zero-order valence-corrected chi connectivity index (χ0v) is 28.4. The molecule has 0 atom stereocenters. The summed E-state index contributed by atoms with van der Waals surface area (Å²) in [6.07, 6.45) is 9.11. The molecule has 0 radical (unpaired) electrons. The Kier molecular flexibility index (Phi) is 14.4. The third-order valence-electron chi connectivity index (χ3n) is 5.69.